The summed E-state index contributed by atoms with van der Waals surface area (Å²) in [5.41, 5.74) is 2.99. The number of anilines is 1. The van der Waals surface area contributed by atoms with Crippen molar-refractivity contribution in [1.82, 2.24) is 4.98 Å². The van der Waals surface area contributed by atoms with E-state index in [1.54, 1.807) is 54.8 Å². The van der Waals surface area contributed by atoms with Crippen LogP contribution in [0.15, 0.2) is 84.3 Å². The monoisotopic (exact) mass is 424 g/mol. The number of nitrogens with zero attached hydrogens (tertiary/aromatic N) is 1. The van der Waals surface area contributed by atoms with Crippen molar-refractivity contribution in [1.29, 1.82) is 0 Å². The third-order valence-electron chi connectivity index (χ3n) is 3.92. The minimum Gasteiger partial charge on any atom is -0.478 e. The van der Waals surface area contributed by atoms with Crippen molar-refractivity contribution in [2.24, 2.45) is 0 Å². The first kappa shape index (κ1) is 20.6. The highest BCUT2D eigenvalue weighted by Gasteiger charge is 2.13. The molecule has 0 fully saturated rings. The van der Waals surface area contributed by atoms with Gasteiger partial charge in [0.25, 0.3) is 0 Å². The normalized spacial score (nSPS) is 11.1. The van der Waals surface area contributed by atoms with Gasteiger partial charge in [-0.2, -0.15) is 0 Å². The van der Waals surface area contributed by atoms with E-state index >= 15 is 0 Å². The molecular formula is C22H17FN2O2S2. The molecule has 2 aromatic carbocycles. The van der Waals surface area contributed by atoms with Crippen molar-refractivity contribution in [2.45, 2.75) is 4.21 Å². The number of rotatable bonds is 8. The summed E-state index contributed by atoms with van der Waals surface area (Å²) in [6.07, 6.45) is 6.63. The zero-order valence-electron chi connectivity index (χ0n) is 15.3. The van der Waals surface area contributed by atoms with Gasteiger partial charge in [-0.3, -0.25) is 0 Å². The first-order chi connectivity index (χ1) is 14.0. The molecule has 0 aliphatic carbocycles. The van der Waals surface area contributed by atoms with Gasteiger partial charge < -0.3 is 9.83 Å². The lowest BCUT2D eigenvalue weighted by atomic mass is 9.98. The van der Waals surface area contributed by atoms with E-state index in [2.05, 4.69) is 22.9 Å². The number of benzene rings is 2. The zero-order valence-corrected chi connectivity index (χ0v) is 16.9. The van der Waals surface area contributed by atoms with Gasteiger partial charge in [-0.05, 0) is 65.5 Å². The molecule has 3 rings (SSSR count). The van der Waals surface area contributed by atoms with Gasteiger partial charge in [-0.1, -0.05) is 31.4 Å². The number of aromatic carboxylic acids is 1. The summed E-state index contributed by atoms with van der Waals surface area (Å²) in [4.78, 5) is 15.9. The number of carboxylic acids is 1. The number of hydrogen-bond acceptors (Lipinski definition) is 5. The van der Waals surface area contributed by atoms with Crippen LogP contribution in [0.4, 0.5) is 10.1 Å². The van der Waals surface area contributed by atoms with Gasteiger partial charge in [-0.15, -0.1) is 11.3 Å². The predicted molar refractivity (Wildman–Crippen MR) is 119 cm³/mol. The molecule has 0 bridgehead atoms. The fourth-order valence-corrected chi connectivity index (χ4v) is 4.20. The summed E-state index contributed by atoms with van der Waals surface area (Å²) < 4.78 is 17.2. The summed E-state index contributed by atoms with van der Waals surface area (Å²) in [5, 5.41) is 10.3. The largest absolute Gasteiger partial charge is 0.478 e. The minimum absolute atomic E-state index is 0.185. The molecule has 0 amide bonds. The van der Waals surface area contributed by atoms with Crippen LogP contribution >= 0.6 is 23.3 Å². The van der Waals surface area contributed by atoms with E-state index in [1.807, 2.05) is 0 Å². The van der Waals surface area contributed by atoms with Crippen molar-refractivity contribution < 1.29 is 14.3 Å². The van der Waals surface area contributed by atoms with Crippen LogP contribution in [0, 0.1) is 5.82 Å². The van der Waals surface area contributed by atoms with E-state index in [4.69, 9.17) is 0 Å². The Labute approximate surface area is 176 Å². The van der Waals surface area contributed by atoms with Crippen LogP contribution in [0.1, 0.15) is 15.9 Å². The van der Waals surface area contributed by atoms with Crippen LogP contribution in [0.3, 0.4) is 0 Å². The highest BCUT2D eigenvalue weighted by Crippen LogP contribution is 2.33. The van der Waals surface area contributed by atoms with Crippen LogP contribution in [-0.2, 0) is 0 Å². The van der Waals surface area contributed by atoms with Crippen LogP contribution in [-0.4, -0.2) is 16.1 Å². The second kappa shape index (κ2) is 9.36. The molecule has 0 radical (unpaired) electrons. The Balaban J connectivity index is 1.80. The number of thiazole rings is 1. The fourth-order valence-electron chi connectivity index (χ4n) is 2.57. The molecule has 0 saturated carbocycles. The van der Waals surface area contributed by atoms with Gasteiger partial charge in [-0.25, -0.2) is 14.2 Å². The maximum absolute atomic E-state index is 13.1. The Hall–Kier alpha value is -3.16. The van der Waals surface area contributed by atoms with Gasteiger partial charge >= 0.3 is 5.97 Å². The molecule has 1 aromatic heterocycles. The molecule has 146 valence electrons. The van der Waals surface area contributed by atoms with E-state index in [0.29, 0.717) is 11.1 Å². The Morgan fingerprint density at radius 3 is 2.59 bits per heavy atom. The second-order valence-electron chi connectivity index (χ2n) is 5.82. The standard InChI is InChI=1S/C22H17FN2O2S2/c1-3-5-14(4-2)19-12-17(10-11-18(19)22(26)27)25-29-20-13-24-21(28-20)15-6-8-16(23)9-7-15/h3-13,25H,1-2H2,(H,26,27)/b14-5+. The van der Waals surface area contributed by atoms with Crippen LogP contribution in [0.2, 0.25) is 0 Å². The highest BCUT2D eigenvalue weighted by atomic mass is 32.2. The molecule has 3 aromatic rings. The summed E-state index contributed by atoms with van der Waals surface area (Å²) >= 11 is 2.84. The summed E-state index contributed by atoms with van der Waals surface area (Å²) in [6.45, 7) is 7.41. The maximum atomic E-state index is 13.1. The molecule has 4 nitrogen and oxygen atoms in total. The van der Waals surface area contributed by atoms with Gasteiger partial charge in [0.15, 0.2) is 0 Å². The molecule has 29 heavy (non-hydrogen) atoms. The van der Waals surface area contributed by atoms with E-state index in [-0.39, 0.29) is 11.4 Å². The number of nitrogens with one attached hydrogen (secondary N) is 1. The highest BCUT2D eigenvalue weighted by molar-refractivity contribution is 8.02. The second-order valence-corrected chi connectivity index (χ2v) is 7.96. The van der Waals surface area contributed by atoms with E-state index in [9.17, 15) is 14.3 Å². The molecule has 0 aliphatic rings. The van der Waals surface area contributed by atoms with Crippen molar-refractivity contribution >= 4 is 40.5 Å². The predicted octanol–water partition coefficient (Wildman–Crippen LogP) is 6.52. The molecule has 0 atom stereocenters. The first-order valence-electron chi connectivity index (χ1n) is 8.49. The molecule has 7 heteroatoms. The van der Waals surface area contributed by atoms with Gasteiger partial charge in [0, 0.05) is 11.3 Å². The average molecular weight is 425 g/mol. The van der Waals surface area contributed by atoms with E-state index in [0.717, 1.165) is 20.5 Å². The molecule has 2 N–H and O–H groups in total. The Morgan fingerprint density at radius 1 is 1.17 bits per heavy atom. The zero-order chi connectivity index (χ0) is 20.8. The van der Waals surface area contributed by atoms with Crippen LogP contribution < -0.4 is 4.72 Å². The Morgan fingerprint density at radius 2 is 1.93 bits per heavy atom. The third kappa shape index (κ3) is 5.01. The van der Waals surface area contributed by atoms with Crippen molar-refractivity contribution in [2.75, 3.05) is 4.72 Å². The van der Waals surface area contributed by atoms with Crippen molar-refractivity contribution in [3.05, 3.63) is 97.0 Å². The lowest BCUT2D eigenvalue weighted by Gasteiger charge is -2.10. The third-order valence-corrected chi connectivity index (χ3v) is 5.91. The lowest BCUT2D eigenvalue weighted by molar-refractivity contribution is 0.0696. The average Bonchev–Trinajstić information content (AvgIpc) is 3.19. The quantitative estimate of drug-likeness (QED) is 0.318. The number of hydrogen-bond donors (Lipinski definition) is 2. The maximum Gasteiger partial charge on any atom is 0.336 e. The summed E-state index contributed by atoms with van der Waals surface area (Å²) in [5.74, 6) is -1.30. The number of carboxylic acid groups (broad SMARTS) is 1. The Kier molecular flexibility index (Phi) is 6.64. The van der Waals surface area contributed by atoms with Gasteiger partial charge in [0.05, 0.1) is 11.8 Å². The summed E-state index contributed by atoms with van der Waals surface area (Å²) in [7, 11) is 0. The SMILES string of the molecule is C=C/C=C(\C=C)c1cc(NSc2cnc(-c3ccc(F)cc3)s2)ccc1C(=O)O. The smallest absolute Gasteiger partial charge is 0.336 e. The van der Waals surface area contributed by atoms with Crippen LogP contribution in [0.5, 0.6) is 0 Å². The molecule has 0 aliphatic heterocycles. The number of allylic oxidation sites excluding steroid dienone is 4. The molecule has 1 heterocycles. The minimum atomic E-state index is -1.01. The molecule has 0 unspecified atom stereocenters. The Bertz CT molecular complexity index is 1090. The first-order valence-corrected chi connectivity index (χ1v) is 10.1. The molecular weight excluding hydrogens is 407 g/mol. The van der Waals surface area contributed by atoms with E-state index < -0.39 is 5.97 Å². The van der Waals surface area contributed by atoms with Crippen molar-refractivity contribution in [3.63, 3.8) is 0 Å². The van der Waals surface area contributed by atoms with Gasteiger partial charge in [0.2, 0.25) is 0 Å². The fraction of sp³-hybridized carbons (Fsp3) is 0. The van der Waals surface area contributed by atoms with Crippen LogP contribution in [0.25, 0.3) is 16.1 Å². The topological polar surface area (TPSA) is 62.2 Å². The van der Waals surface area contributed by atoms with Gasteiger partial charge in [0.1, 0.15) is 15.0 Å². The summed E-state index contributed by atoms with van der Waals surface area (Å²) in [6, 6.07) is 11.2. The molecule has 0 spiro atoms. The number of carbonyl (C=O) groups is 1. The number of aromatic nitrogens is 1. The van der Waals surface area contributed by atoms with Crippen molar-refractivity contribution in [3.8, 4) is 10.6 Å². The molecule has 0 saturated heterocycles. The number of halogens is 1. The van der Waals surface area contributed by atoms with E-state index in [1.165, 1.54) is 35.4 Å². The lowest BCUT2D eigenvalue weighted by Crippen LogP contribution is -2.02.